The second kappa shape index (κ2) is 19.5. The second-order valence-corrected chi connectivity index (χ2v) is 13.4. The van der Waals surface area contributed by atoms with Gasteiger partial charge in [-0.25, -0.2) is 4.79 Å². The fraction of sp³-hybridized carbons (Fsp3) is 0.541. The van der Waals surface area contributed by atoms with Gasteiger partial charge in [-0.2, -0.15) is 0 Å². The minimum Gasteiger partial charge on any atom is -0.460 e. The van der Waals surface area contributed by atoms with E-state index in [1.165, 1.54) is 18.9 Å². The maximum Gasteiger partial charge on any atom is 0.328 e. The van der Waals surface area contributed by atoms with E-state index in [2.05, 4.69) is 10.6 Å². The number of Topliss-reactive ketones (excluding diaryl/α,β-unsaturated/α-hetero) is 1. The number of carbonyl (C=O) groups excluding carboxylic acids is 5. The summed E-state index contributed by atoms with van der Waals surface area (Å²) in [4.78, 5) is 65.3. The van der Waals surface area contributed by atoms with Crippen molar-refractivity contribution in [2.24, 2.45) is 11.8 Å². The molecule has 5 unspecified atom stereocenters. The molecule has 3 aliphatic rings. The lowest BCUT2D eigenvalue weighted by Gasteiger charge is -2.29. The number of rotatable bonds is 6. The number of aliphatic hydroxyl groups excluding tert-OH is 1. The molecule has 2 aliphatic carbocycles. The Balaban J connectivity index is 1.84. The molecule has 3 rings (SSSR count). The molecule has 11 heteroatoms. The van der Waals surface area contributed by atoms with Crippen molar-refractivity contribution in [3.05, 3.63) is 70.4 Å². The van der Waals surface area contributed by atoms with Gasteiger partial charge in [0.15, 0.2) is 5.78 Å². The Kier molecular flexibility index (Phi) is 15.8. The lowest BCUT2D eigenvalue weighted by molar-refractivity contribution is -0.156. The molecule has 1 aliphatic heterocycles. The van der Waals surface area contributed by atoms with Crippen molar-refractivity contribution in [2.45, 2.75) is 103 Å². The van der Waals surface area contributed by atoms with Crippen LogP contribution in [0.5, 0.6) is 0 Å². The molecule has 2 amide bonds. The summed E-state index contributed by atoms with van der Waals surface area (Å²) in [7, 11) is 1.47. The molecule has 262 valence electrons. The third-order valence-electron chi connectivity index (χ3n) is 8.99. The largest absolute Gasteiger partial charge is 0.460 e. The molecule has 0 radical (unpaired) electrons. The second-order valence-electron chi connectivity index (χ2n) is 12.6. The average molecular weight is 683 g/mol. The van der Waals surface area contributed by atoms with E-state index in [0.29, 0.717) is 28.9 Å². The topological polar surface area (TPSA) is 148 Å². The van der Waals surface area contributed by atoms with Crippen molar-refractivity contribution in [1.29, 1.82) is 0 Å². The van der Waals surface area contributed by atoms with Crippen molar-refractivity contribution in [2.75, 3.05) is 13.4 Å². The van der Waals surface area contributed by atoms with E-state index >= 15 is 0 Å². The number of allylic oxidation sites excluding steroid dienone is 8. The number of methoxy groups -OCH3 is 1. The summed E-state index contributed by atoms with van der Waals surface area (Å²) < 4.78 is 11.3. The number of aliphatic hydroxyl groups is 1. The van der Waals surface area contributed by atoms with Gasteiger partial charge >= 0.3 is 5.97 Å². The van der Waals surface area contributed by atoms with Crippen LogP contribution in [0.25, 0.3) is 0 Å². The highest BCUT2D eigenvalue weighted by Crippen LogP contribution is 2.30. The SMILES string of the molecule is COC1\C=C/C=C\C=C/CC(OC(=O)C(C)NC(=O)C2CCCCC2)C(C)C(O)/C(C)=C\CCC2=C(SC)C(=O)C=C(NC(=O)C1)C2=O. The Morgan fingerprint density at radius 1 is 1.08 bits per heavy atom. The van der Waals surface area contributed by atoms with Gasteiger partial charge in [-0.15, -0.1) is 11.8 Å². The zero-order chi connectivity index (χ0) is 35.2. The predicted octanol–water partition coefficient (Wildman–Crippen LogP) is 4.95. The number of ketones is 2. The highest BCUT2D eigenvalue weighted by atomic mass is 32.2. The van der Waals surface area contributed by atoms with E-state index < -0.39 is 47.9 Å². The number of hydrogen-bond donors (Lipinski definition) is 3. The lowest BCUT2D eigenvalue weighted by atomic mass is 9.88. The van der Waals surface area contributed by atoms with Crippen LogP contribution in [0.15, 0.2) is 70.4 Å². The molecular formula is C37H50N2O8S. The highest BCUT2D eigenvalue weighted by molar-refractivity contribution is 8.03. The quantitative estimate of drug-likeness (QED) is 0.201. The van der Waals surface area contributed by atoms with Crippen LogP contribution in [0.4, 0.5) is 0 Å². The summed E-state index contributed by atoms with van der Waals surface area (Å²) in [6, 6.07) is -0.844. The van der Waals surface area contributed by atoms with Crippen molar-refractivity contribution in [3.8, 4) is 0 Å². The molecule has 10 nitrogen and oxygen atoms in total. The van der Waals surface area contributed by atoms with E-state index in [-0.39, 0.29) is 36.1 Å². The van der Waals surface area contributed by atoms with Gasteiger partial charge in [0.05, 0.1) is 29.2 Å². The molecule has 0 aromatic carbocycles. The van der Waals surface area contributed by atoms with Gasteiger partial charge < -0.3 is 25.2 Å². The molecular weight excluding hydrogens is 632 g/mol. The van der Waals surface area contributed by atoms with Crippen LogP contribution in [-0.4, -0.2) is 72.2 Å². The normalized spacial score (nSPS) is 29.2. The number of ether oxygens (including phenoxy) is 2. The van der Waals surface area contributed by atoms with Gasteiger partial charge in [-0.1, -0.05) is 68.7 Å². The summed E-state index contributed by atoms with van der Waals surface area (Å²) in [5, 5.41) is 16.7. The van der Waals surface area contributed by atoms with E-state index in [9.17, 15) is 29.1 Å². The first-order chi connectivity index (χ1) is 23.0. The number of esters is 1. The van der Waals surface area contributed by atoms with E-state index in [1.807, 2.05) is 12.2 Å². The molecule has 0 spiro atoms. The van der Waals surface area contributed by atoms with Crippen LogP contribution in [0.3, 0.4) is 0 Å². The summed E-state index contributed by atoms with van der Waals surface area (Å²) >= 11 is 1.18. The third-order valence-corrected chi connectivity index (χ3v) is 9.85. The molecule has 2 bridgehead atoms. The summed E-state index contributed by atoms with van der Waals surface area (Å²) in [6.07, 6.45) is 18.6. The molecule has 1 fully saturated rings. The van der Waals surface area contributed by atoms with Gasteiger partial charge in [0.2, 0.25) is 17.6 Å². The first-order valence-electron chi connectivity index (χ1n) is 16.7. The Morgan fingerprint density at radius 3 is 2.48 bits per heavy atom. The highest BCUT2D eigenvalue weighted by Gasteiger charge is 2.32. The van der Waals surface area contributed by atoms with Gasteiger partial charge in [-0.05, 0) is 51.4 Å². The first-order valence-corrected chi connectivity index (χ1v) is 17.9. The van der Waals surface area contributed by atoms with Gasteiger partial charge in [0.25, 0.3) is 0 Å². The summed E-state index contributed by atoms with van der Waals surface area (Å²) in [6.45, 7) is 5.18. The molecule has 0 aromatic heterocycles. The van der Waals surface area contributed by atoms with E-state index in [4.69, 9.17) is 9.47 Å². The molecule has 0 saturated heterocycles. The fourth-order valence-corrected chi connectivity index (χ4v) is 6.70. The maximum absolute atomic E-state index is 13.4. The van der Waals surface area contributed by atoms with E-state index in [1.54, 1.807) is 57.4 Å². The van der Waals surface area contributed by atoms with Crippen LogP contribution in [0.1, 0.15) is 78.6 Å². The lowest BCUT2D eigenvalue weighted by Crippen LogP contribution is -2.45. The summed E-state index contributed by atoms with van der Waals surface area (Å²) in [5.74, 6) is -2.55. The standard InChI is InChI=1S/C37H50N2O8S/c1-23-15-14-19-28-34(43)29(22-30(40)35(28)48-5)39-32(41)21-27(46-4)18-12-7-6-8-13-20-31(24(2)33(23)42)47-37(45)25(3)38-36(44)26-16-10-9-11-17-26/h6-8,12-13,15,18,22,24-27,31,33,42H,9-11,14,16-17,19-21H2,1-5H3,(H,38,44)(H,39,41)/b7-6-,13-8-,18-12-,23-15-. The van der Waals surface area contributed by atoms with Crippen LogP contribution < -0.4 is 10.6 Å². The molecule has 48 heavy (non-hydrogen) atoms. The monoisotopic (exact) mass is 682 g/mol. The van der Waals surface area contributed by atoms with E-state index in [0.717, 1.165) is 38.2 Å². The zero-order valence-corrected chi connectivity index (χ0v) is 29.5. The van der Waals surface area contributed by atoms with Crippen LogP contribution >= 0.6 is 11.8 Å². The number of amides is 2. The molecule has 0 aromatic rings. The van der Waals surface area contributed by atoms with Crippen molar-refractivity contribution < 1.29 is 38.6 Å². The minimum absolute atomic E-state index is 0.0613. The van der Waals surface area contributed by atoms with Gasteiger partial charge in [0.1, 0.15) is 12.1 Å². The zero-order valence-electron chi connectivity index (χ0n) is 28.7. The maximum atomic E-state index is 13.4. The smallest absolute Gasteiger partial charge is 0.328 e. The van der Waals surface area contributed by atoms with Crippen LogP contribution in [-0.2, 0) is 33.4 Å². The van der Waals surface area contributed by atoms with Crippen molar-refractivity contribution in [1.82, 2.24) is 10.6 Å². The predicted molar refractivity (Wildman–Crippen MR) is 186 cm³/mol. The van der Waals surface area contributed by atoms with Crippen LogP contribution in [0, 0.1) is 11.8 Å². The Morgan fingerprint density at radius 2 is 1.79 bits per heavy atom. The summed E-state index contributed by atoms with van der Waals surface area (Å²) in [5.41, 5.74) is 0.853. The third kappa shape index (κ3) is 11.3. The molecule has 1 heterocycles. The fourth-order valence-electron chi connectivity index (χ4n) is 6.00. The van der Waals surface area contributed by atoms with Crippen molar-refractivity contribution in [3.63, 3.8) is 0 Å². The Bertz CT molecular complexity index is 1390. The number of fused-ring (bicyclic) bond motifs is 2. The number of hydrogen-bond acceptors (Lipinski definition) is 9. The van der Waals surface area contributed by atoms with Gasteiger partial charge in [0, 0.05) is 37.0 Å². The van der Waals surface area contributed by atoms with Gasteiger partial charge in [-0.3, -0.25) is 19.2 Å². The molecule has 3 N–H and O–H groups in total. The average Bonchev–Trinajstić information content (AvgIpc) is 3.07. The number of thioether (sulfide) groups is 1. The van der Waals surface area contributed by atoms with Crippen molar-refractivity contribution >= 4 is 41.1 Å². The Hall–Kier alpha value is -3.54. The molecule has 5 atom stereocenters. The number of nitrogens with one attached hydrogen (secondary N) is 2. The number of carbonyl (C=O) groups is 5. The first kappa shape index (κ1) is 38.9. The minimum atomic E-state index is -0.977. The molecule has 1 saturated carbocycles. The van der Waals surface area contributed by atoms with Crippen LogP contribution in [0.2, 0.25) is 0 Å². The Labute approximate surface area is 288 Å².